The topological polar surface area (TPSA) is 12.0 Å². The van der Waals surface area contributed by atoms with Gasteiger partial charge < -0.3 is 5.32 Å². The Labute approximate surface area is 90.2 Å². The van der Waals surface area contributed by atoms with E-state index in [1.54, 1.807) is 0 Å². The van der Waals surface area contributed by atoms with Crippen LogP contribution in [0.2, 0.25) is 0 Å². The second kappa shape index (κ2) is 15.7. The molecule has 34 valence electrons. The minimum Gasteiger partial charge on any atom is -0.317 e. The number of hydrogen-bond donors (Lipinski definition) is 1. The van der Waals surface area contributed by atoms with E-state index >= 15 is 0 Å². The van der Waals surface area contributed by atoms with Crippen LogP contribution in [0.4, 0.5) is 0 Å². The van der Waals surface area contributed by atoms with Gasteiger partial charge in [0.15, 0.2) is 0 Å². The fraction of sp³-hybridized carbons (Fsp3) is 1.00. The summed E-state index contributed by atoms with van der Waals surface area (Å²) in [6.45, 7) is 6.39. The van der Waals surface area contributed by atoms with E-state index in [0.717, 1.165) is 13.1 Å². The zero-order chi connectivity index (χ0) is 4.12. The quantitative estimate of drug-likeness (QED) is 0.499. The summed E-state index contributed by atoms with van der Waals surface area (Å²) in [4.78, 5) is 0. The van der Waals surface area contributed by atoms with Gasteiger partial charge in [0.1, 0.15) is 0 Å². The molecule has 7 heavy (non-hydrogen) atoms. The van der Waals surface area contributed by atoms with Crippen LogP contribution >= 0.6 is 0 Å². The Bertz CT molecular complexity index is 17.2. The van der Waals surface area contributed by atoms with Crippen LogP contribution in [-0.2, 0) is 0 Å². The van der Waals surface area contributed by atoms with E-state index in [1.165, 1.54) is 0 Å². The van der Waals surface area contributed by atoms with Gasteiger partial charge in [-0.1, -0.05) is 13.8 Å². The van der Waals surface area contributed by atoms with Crippen molar-refractivity contribution in [1.82, 2.24) is 5.32 Å². The first kappa shape index (κ1) is 16.0. The number of hydrogen-bond acceptors (Lipinski definition) is 1. The van der Waals surface area contributed by atoms with Gasteiger partial charge in [-0.25, -0.2) is 0 Å². The molecule has 0 aliphatic rings. The maximum atomic E-state index is 3.11. The second-order valence-electron chi connectivity index (χ2n) is 0.957. The van der Waals surface area contributed by atoms with Crippen LogP contribution < -0.4 is 5.32 Å². The van der Waals surface area contributed by atoms with Crippen molar-refractivity contribution >= 4 is 59.1 Å². The van der Waals surface area contributed by atoms with Crippen LogP contribution in [-0.4, -0.2) is 72.2 Å². The van der Waals surface area contributed by atoms with E-state index in [9.17, 15) is 0 Å². The van der Waals surface area contributed by atoms with Gasteiger partial charge >= 0.3 is 0 Å². The van der Waals surface area contributed by atoms with Gasteiger partial charge in [0, 0.05) is 59.1 Å². The number of nitrogens with one attached hydrogen (secondary N) is 1. The maximum Gasteiger partial charge on any atom is 0 e. The fourth-order valence-electron chi connectivity index (χ4n) is 0.250. The summed E-state index contributed by atoms with van der Waals surface area (Å²) in [5.74, 6) is 0. The molecule has 0 rings (SSSR count). The van der Waals surface area contributed by atoms with E-state index in [-0.39, 0.29) is 59.1 Å². The summed E-state index contributed by atoms with van der Waals surface area (Å²) in [5.41, 5.74) is 0. The Kier molecular flexibility index (Phi) is 35.8. The third-order valence-corrected chi connectivity index (χ3v) is 0.500. The van der Waals surface area contributed by atoms with E-state index in [0.29, 0.717) is 0 Å². The third kappa shape index (κ3) is 18.0. The van der Waals surface area contributed by atoms with Crippen molar-refractivity contribution in [2.24, 2.45) is 0 Å². The summed E-state index contributed by atoms with van der Waals surface area (Å²) >= 11 is 0. The molecule has 0 aromatic carbocycles. The summed E-state index contributed by atoms with van der Waals surface area (Å²) in [6.07, 6.45) is 0. The molecule has 0 atom stereocenters. The van der Waals surface area contributed by atoms with Gasteiger partial charge in [-0.2, -0.15) is 0 Å². The molecule has 0 spiro atoms. The van der Waals surface area contributed by atoms with Gasteiger partial charge in [-0.3, -0.25) is 0 Å². The molecule has 0 unspecified atom stereocenters. The van der Waals surface area contributed by atoms with Crippen molar-refractivity contribution in [2.75, 3.05) is 13.1 Å². The normalized spacial score (nSPS) is 6.00. The summed E-state index contributed by atoms with van der Waals surface area (Å²) in [6, 6.07) is 0. The van der Waals surface area contributed by atoms with Crippen LogP contribution in [0.25, 0.3) is 0 Å². The van der Waals surface area contributed by atoms with Gasteiger partial charge in [0.05, 0.1) is 0 Å². The van der Waals surface area contributed by atoms with Gasteiger partial charge in [-0.05, 0) is 13.1 Å². The van der Waals surface area contributed by atoms with Crippen LogP contribution in [0.1, 0.15) is 13.8 Å². The van der Waals surface area contributed by atoms with Crippen LogP contribution in [0.5, 0.6) is 0 Å². The molecule has 0 aliphatic heterocycles. The molecule has 2 radical (unpaired) electrons. The summed E-state index contributed by atoms with van der Waals surface area (Å²) in [7, 11) is 0. The average Bonchev–Trinajstić information content (AvgIpc) is 1.41. The van der Waals surface area contributed by atoms with E-state index in [2.05, 4.69) is 19.2 Å². The summed E-state index contributed by atoms with van der Waals surface area (Å²) < 4.78 is 0. The molecule has 0 saturated carbocycles. The minimum absolute atomic E-state index is 0. The van der Waals surface area contributed by atoms with Crippen molar-refractivity contribution in [2.45, 2.75) is 13.8 Å². The molecule has 0 bridgehead atoms. The van der Waals surface area contributed by atoms with Crippen LogP contribution in [0, 0.1) is 0 Å². The predicted octanol–water partition coefficient (Wildman–Crippen LogP) is -0.146. The van der Waals surface area contributed by atoms with Crippen LogP contribution in [0.3, 0.4) is 0 Å². The molecule has 0 saturated heterocycles. The standard InChI is InChI=1S/C4H11N.2Na/c1-3-5-4-2;;/h5H,3-4H2,1-2H3;;. The monoisotopic (exact) mass is 119 g/mol. The molecule has 1 N–H and O–H groups in total. The first-order valence-electron chi connectivity index (χ1n) is 2.12. The zero-order valence-electron chi connectivity index (χ0n) is 5.91. The Morgan fingerprint density at radius 3 is 1.29 bits per heavy atom. The van der Waals surface area contributed by atoms with Gasteiger partial charge in [-0.15, -0.1) is 0 Å². The van der Waals surface area contributed by atoms with Crippen molar-refractivity contribution in [3.63, 3.8) is 0 Å². The molecule has 0 aliphatic carbocycles. The van der Waals surface area contributed by atoms with Crippen molar-refractivity contribution in [3.8, 4) is 0 Å². The third-order valence-electron chi connectivity index (χ3n) is 0.500. The predicted molar refractivity (Wildman–Crippen MR) is 35.7 cm³/mol. The zero-order valence-corrected chi connectivity index (χ0v) is 9.91. The Hall–Kier alpha value is 1.96. The fourth-order valence-corrected chi connectivity index (χ4v) is 0.250. The Balaban J connectivity index is -0.0000000800. The molecule has 3 heteroatoms. The Morgan fingerprint density at radius 2 is 1.29 bits per heavy atom. The van der Waals surface area contributed by atoms with Crippen LogP contribution in [0.15, 0.2) is 0 Å². The molecule has 0 aromatic rings. The number of rotatable bonds is 2. The van der Waals surface area contributed by atoms with Gasteiger partial charge in [0.2, 0.25) is 0 Å². The van der Waals surface area contributed by atoms with Gasteiger partial charge in [0.25, 0.3) is 0 Å². The molecule has 0 fully saturated rings. The SMILES string of the molecule is CCNCC.[Na].[Na]. The molecule has 0 aromatic heterocycles. The van der Waals surface area contributed by atoms with Crippen molar-refractivity contribution < 1.29 is 0 Å². The van der Waals surface area contributed by atoms with E-state index < -0.39 is 0 Å². The van der Waals surface area contributed by atoms with Crippen molar-refractivity contribution in [3.05, 3.63) is 0 Å². The molecule has 1 nitrogen and oxygen atoms in total. The second-order valence-corrected chi connectivity index (χ2v) is 0.957. The van der Waals surface area contributed by atoms with Crippen molar-refractivity contribution in [1.29, 1.82) is 0 Å². The summed E-state index contributed by atoms with van der Waals surface area (Å²) in [5, 5.41) is 3.11. The molecule has 0 amide bonds. The molecular formula is C4H11NNa2. The maximum absolute atomic E-state index is 3.11. The molecule has 0 heterocycles. The van der Waals surface area contributed by atoms with E-state index in [4.69, 9.17) is 0 Å². The first-order valence-corrected chi connectivity index (χ1v) is 2.12. The Morgan fingerprint density at radius 1 is 1.00 bits per heavy atom. The van der Waals surface area contributed by atoms with E-state index in [1.807, 2.05) is 0 Å². The molecular weight excluding hydrogens is 108 g/mol. The average molecular weight is 119 g/mol. The minimum atomic E-state index is 0. The smallest absolute Gasteiger partial charge is 0 e. The first-order chi connectivity index (χ1) is 2.41. The largest absolute Gasteiger partial charge is 0.317 e.